The number of carbonyl (C=O) groups is 2. The Hall–Kier alpha value is -4.38. The minimum Gasteiger partial charge on any atom is -0.457 e. The van der Waals surface area contributed by atoms with Crippen molar-refractivity contribution in [3.63, 3.8) is 0 Å². The van der Waals surface area contributed by atoms with Crippen LogP contribution in [-0.2, 0) is 4.79 Å². The standard InChI is InChI=1S/C26H23N5O3/c27-13-19(12-17-6-7-17)26(33)31-15-20(16-31)29-25(32)23-14-28-30-24(23)18-8-10-22(11-9-18)34-21-4-2-1-3-5-21/h1-5,8-12,14,17,20H,6-7,15-16H2,(H,28,30)(H,29,32)/b19-12+. The fraction of sp³-hybridized carbons (Fsp3) is 0.231. The van der Waals surface area contributed by atoms with Crippen LogP contribution in [0.4, 0.5) is 0 Å². The van der Waals surface area contributed by atoms with Crippen LogP contribution >= 0.6 is 0 Å². The highest BCUT2D eigenvalue weighted by Crippen LogP contribution is 2.32. The topological polar surface area (TPSA) is 111 Å². The Morgan fingerprint density at radius 1 is 1.09 bits per heavy atom. The summed E-state index contributed by atoms with van der Waals surface area (Å²) < 4.78 is 5.82. The quantitative estimate of drug-likeness (QED) is 0.419. The molecule has 1 aromatic heterocycles. The predicted octanol–water partition coefficient (Wildman–Crippen LogP) is 3.67. The zero-order valence-corrected chi connectivity index (χ0v) is 18.4. The van der Waals surface area contributed by atoms with Crippen LogP contribution in [-0.4, -0.2) is 46.0 Å². The summed E-state index contributed by atoms with van der Waals surface area (Å²) in [6.45, 7) is 0.764. The number of carbonyl (C=O) groups excluding carboxylic acids is 2. The Morgan fingerprint density at radius 3 is 2.47 bits per heavy atom. The smallest absolute Gasteiger partial charge is 0.264 e. The van der Waals surface area contributed by atoms with Gasteiger partial charge in [-0.25, -0.2) is 0 Å². The minimum absolute atomic E-state index is 0.165. The summed E-state index contributed by atoms with van der Waals surface area (Å²) in [5, 5.41) is 19.2. The molecule has 8 heteroatoms. The maximum absolute atomic E-state index is 12.9. The molecule has 2 aromatic carbocycles. The number of benzene rings is 2. The lowest BCUT2D eigenvalue weighted by atomic mass is 10.0. The molecule has 2 aliphatic rings. The van der Waals surface area contributed by atoms with Crippen molar-refractivity contribution in [3.05, 3.63) is 78.0 Å². The van der Waals surface area contributed by atoms with Crippen LogP contribution in [0, 0.1) is 17.2 Å². The number of amides is 2. The van der Waals surface area contributed by atoms with Crippen LogP contribution in [0.5, 0.6) is 11.5 Å². The maximum atomic E-state index is 12.9. The second kappa shape index (κ2) is 9.24. The monoisotopic (exact) mass is 453 g/mol. The molecule has 34 heavy (non-hydrogen) atoms. The van der Waals surface area contributed by atoms with Crippen LogP contribution in [0.25, 0.3) is 11.3 Å². The Balaban J connectivity index is 1.19. The Kier molecular flexibility index (Phi) is 5.83. The molecule has 1 saturated carbocycles. The summed E-state index contributed by atoms with van der Waals surface area (Å²) >= 11 is 0. The van der Waals surface area contributed by atoms with E-state index in [-0.39, 0.29) is 23.4 Å². The summed E-state index contributed by atoms with van der Waals surface area (Å²) in [6, 6.07) is 18.7. The first-order valence-corrected chi connectivity index (χ1v) is 11.2. The second-order valence-corrected chi connectivity index (χ2v) is 8.50. The molecule has 5 rings (SSSR count). The highest BCUT2D eigenvalue weighted by molar-refractivity contribution is 6.01. The second-order valence-electron chi connectivity index (χ2n) is 8.50. The van der Waals surface area contributed by atoms with Crippen LogP contribution in [0.3, 0.4) is 0 Å². The molecule has 2 heterocycles. The van der Waals surface area contributed by atoms with Crippen molar-refractivity contribution in [2.75, 3.05) is 13.1 Å². The molecule has 0 spiro atoms. The summed E-state index contributed by atoms with van der Waals surface area (Å²) in [6.07, 6.45) is 5.40. The fourth-order valence-corrected chi connectivity index (χ4v) is 3.81. The Morgan fingerprint density at radius 2 is 1.79 bits per heavy atom. The third-order valence-electron chi connectivity index (χ3n) is 5.87. The molecular weight excluding hydrogens is 430 g/mol. The van der Waals surface area contributed by atoms with Gasteiger partial charge in [-0.3, -0.25) is 14.7 Å². The van der Waals surface area contributed by atoms with Gasteiger partial charge in [0.15, 0.2) is 0 Å². The van der Waals surface area contributed by atoms with Crippen LogP contribution in [0.15, 0.2) is 72.4 Å². The number of ether oxygens (including phenoxy) is 1. The van der Waals surface area contributed by atoms with E-state index in [0.29, 0.717) is 36.0 Å². The van der Waals surface area contributed by atoms with Gasteiger partial charge in [-0.15, -0.1) is 0 Å². The maximum Gasteiger partial charge on any atom is 0.264 e. The van der Waals surface area contributed by atoms with Gasteiger partial charge in [0.05, 0.1) is 11.6 Å². The lowest BCUT2D eigenvalue weighted by Crippen LogP contribution is -2.61. The van der Waals surface area contributed by atoms with Crippen LogP contribution in [0.1, 0.15) is 23.2 Å². The summed E-state index contributed by atoms with van der Waals surface area (Å²) in [4.78, 5) is 26.9. The number of para-hydroxylation sites is 1. The average molecular weight is 454 g/mol. The molecule has 1 aliphatic heterocycles. The van der Waals surface area contributed by atoms with Gasteiger partial charge in [0.2, 0.25) is 0 Å². The van der Waals surface area contributed by atoms with Crippen molar-refractivity contribution in [1.29, 1.82) is 5.26 Å². The van der Waals surface area contributed by atoms with Gasteiger partial charge < -0.3 is 15.0 Å². The number of rotatable bonds is 7. The third-order valence-corrected chi connectivity index (χ3v) is 5.87. The van der Waals surface area contributed by atoms with Crippen molar-refractivity contribution in [1.82, 2.24) is 20.4 Å². The molecule has 2 fully saturated rings. The molecule has 0 atom stereocenters. The number of likely N-dealkylation sites (tertiary alicyclic amines) is 1. The third kappa shape index (κ3) is 4.69. The number of nitrogens with one attached hydrogen (secondary N) is 2. The number of H-pyrrole nitrogens is 1. The Labute approximate surface area is 196 Å². The molecule has 0 radical (unpaired) electrons. The molecule has 2 N–H and O–H groups in total. The van der Waals surface area contributed by atoms with E-state index in [1.54, 1.807) is 17.2 Å². The van der Waals surface area contributed by atoms with E-state index in [9.17, 15) is 14.9 Å². The van der Waals surface area contributed by atoms with Gasteiger partial charge in [-0.1, -0.05) is 24.3 Å². The van der Waals surface area contributed by atoms with Gasteiger partial charge in [0.25, 0.3) is 11.8 Å². The number of hydrogen-bond donors (Lipinski definition) is 2. The van der Waals surface area contributed by atoms with Gasteiger partial charge in [-0.05, 0) is 55.2 Å². The van der Waals surface area contributed by atoms with Crippen LogP contribution < -0.4 is 10.1 Å². The molecule has 1 aliphatic carbocycles. The van der Waals surface area contributed by atoms with Crippen molar-refractivity contribution in [2.45, 2.75) is 18.9 Å². The van der Waals surface area contributed by atoms with E-state index in [2.05, 4.69) is 15.5 Å². The van der Waals surface area contributed by atoms with Gasteiger partial charge in [0.1, 0.15) is 28.8 Å². The molecule has 0 bridgehead atoms. The number of nitriles is 1. The van der Waals surface area contributed by atoms with E-state index in [1.807, 2.05) is 60.7 Å². The van der Waals surface area contributed by atoms with Gasteiger partial charge in [-0.2, -0.15) is 10.4 Å². The van der Waals surface area contributed by atoms with Crippen molar-refractivity contribution < 1.29 is 14.3 Å². The summed E-state index contributed by atoms with van der Waals surface area (Å²) in [5.74, 6) is 1.26. The van der Waals surface area contributed by atoms with Gasteiger partial charge in [0, 0.05) is 24.8 Å². The zero-order valence-electron chi connectivity index (χ0n) is 18.4. The lowest BCUT2D eigenvalue weighted by molar-refractivity contribution is -0.131. The largest absolute Gasteiger partial charge is 0.457 e. The molecule has 2 amide bonds. The van der Waals surface area contributed by atoms with E-state index in [0.717, 1.165) is 24.2 Å². The lowest BCUT2D eigenvalue weighted by Gasteiger charge is -2.39. The summed E-state index contributed by atoms with van der Waals surface area (Å²) in [5.41, 5.74) is 1.94. The fourth-order valence-electron chi connectivity index (χ4n) is 3.81. The van der Waals surface area contributed by atoms with E-state index >= 15 is 0 Å². The first-order chi connectivity index (χ1) is 16.6. The number of aromatic amines is 1. The molecular formula is C26H23N5O3. The van der Waals surface area contributed by atoms with Crippen molar-refractivity contribution >= 4 is 11.8 Å². The highest BCUT2D eigenvalue weighted by Gasteiger charge is 2.34. The first kappa shape index (κ1) is 21.5. The number of nitrogens with zero attached hydrogens (tertiary/aromatic N) is 3. The minimum atomic E-state index is -0.264. The zero-order chi connectivity index (χ0) is 23.5. The van der Waals surface area contributed by atoms with Crippen molar-refractivity contribution in [2.24, 2.45) is 5.92 Å². The molecule has 8 nitrogen and oxygen atoms in total. The Bertz CT molecular complexity index is 1260. The number of allylic oxidation sites excluding steroid dienone is 1. The first-order valence-electron chi connectivity index (χ1n) is 11.2. The highest BCUT2D eigenvalue weighted by atomic mass is 16.5. The van der Waals surface area contributed by atoms with E-state index in [4.69, 9.17) is 4.74 Å². The average Bonchev–Trinajstić information content (AvgIpc) is 3.52. The molecule has 1 saturated heterocycles. The number of hydrogen-bond acceptors (Lipinski definition) is 5. The van der Waals surface area contributed by atoms with E-state index < -0.39 is 0 Å². The van der Waals surface area contributed by atoms with E-state index in [1.165, 1.54) is 0 Å². The predicted molar refractivity (Wildman–Crippen MR) is 125 cm³/mol. The normalized spacial score (nSPS) is 15.9. The van der Waals surface area contributed by atoms with Crippen LogP contribution in [0.2, 0.25) is 0 Å². The molecule has 0 unspecified atom stereocenters. The summed E-state index contributed by atoms with van der Waals surface area (Å²) in [7, 11) is 0. The van der Waals surface area contributed by atoms with Gasteiger partial charge >= 0.3 is 0 Å². The number of aromatic nitrogens is 2. The molecule has 170 valence electrons. The SMILES string of the molecule is N#C/C(=C\C1CC1)C(=O)N1CC(NC(=O)c2c[nH]nc2-c2ccc(Oc3ccccc3)cc2)C1. The van der Waals surface area contributed by atoms with Crippen molar-refractivity contribution in [3.8, 4) is 28.8 Å². The molecule has 3 aromatic rings.